The lowest BCUT2D eigenvalue weighted by atomic mass is 9.92. The molecular weight excluding hydrogens is 512 g/mol. The predicted molar refractivity (Wildman–Crippen MR) is 159 cm³/mol. The van der Waals surface area contributed by atoms with Gasteiger partial charge in [0.2, 0.25) is 5.96 Å². The van der Waals surface area contributed by atoms with Crippen molar-refractivity contribution in [2.75, 3.05) is 31.6 Å². The van der Waals surface area contributed by atoms with Gasteiger partial charge in [-0.3, -0.25) is 15.1 Å². The van der Waals surface area contributed by atoms with Crippen molar-refractivity contribution in [2.24, 2.45) is 37.7 Å². The molecule has 0 spiro atoms. The minimum Gasteiger partial charge on any atom is -0.492 e. The number of guanidine groups is 1. The summed E-state index contributed by atoms with van der Waals surface area (Å²) in [6, 6.07) is -0.0797. The number of rotatable bonds is 6. The van der Waals surface area contributed by atoms with Crippen molar-refractivity contribution in [3.63, 3.8) is 0 Å². The molecule has 1 fully saturated rings. The minimum atomic E-state index is -0.193. The summed E-state index contributed by atoms with van der Waals surface area (Å²) in [4.78, 5) is 32.5. The summed E-state index contributed by atoms with van der Waals surface area (Å²) in [5.41, 5.74) is 2.12. The zero-order valence-corrected chi connectivity index (χ0v) is 24.2. The van der Waals surface area contributed by atoms with Crippen LogP contribution in [-0.2, 0) is 9.53 Å². The van der Waals surface area contributed by atoms with Crippen LogP contribution in [0.3, 0.4) is 0 Å². The van der Waals surface area contributed by atoms with Crippen molar-refractivity contribution in [1.29, 1.82) is 0 Å². The second-order valence-corrected chi connectivity index (χ2v) is 13.3. The van der Waals surface area contributed by atoms with Crippen molar-refractivity contribution in [1.82, 2.24) is 15.1 Å². The first-order valence-corrected chi connectivity index (χ1v) is 14.4. The number of aryl methyl sites for hydroxylation is 1. The zero-order chi connectivity index (χ0) is 27.6. The molecule has 11 heteroatoms. The van der Waals surface area contributed by atoms with Crippen LogP contribution in [0.5, 0.6) is 0 Å². The van der Waals surface area contributed by atoms with Crippen molar-refractivity contribution in [3.8, 4) is 0 Å². The molecule has 1 aromatic heterocycles. The molecule has 4 heterocycles. The van der Waals surface area contributed by atoms with Crippen LogP contribution in [-0.4, -0.2) is 82.8 Å². The van der Waals surface area contributed by atoms with Crippen molar-refractivity contribution in [2.45, 2.75) is 58.2 Å². The highest BCUT2D eigenvalue weighted by Crippen LogP contribution is 2.41. The SMILES string of the molecule is Cc1[nH]nc(NC2=NC=NC3C=C(OCC4CCN(C5=NCC(C=O)C=N5)CC4)C(SC(C)(C)C)=CC23)c1C. The first kappa shape index (κ1) is 27.4. The average molecular weight is 551 g/mol. The van der Waals surface area contributed by atoms with E-state index in [1.165, 1.54) is 0 Å². The molecule has 0 amide bonds. The molecule has 1 aliphatic carbocycles. The van der Waals surface area contributed by atoms with Gasteiger partial charge in [-0.1, -0.05) is 26.8 Å². The smallest absolute Gasteiger partial charge is 0.220 e. The number of amidine groups is 1. The highest BCUT2D eigenvalue weighted by molar-refractivity contribution is 8.04. The molecule has 3 unspecified atom stereocenters. The third-order valence-corrected chi connectivity index (χ3v) is 8.47. The van der Waals surface area contributed by atoms with Gasteiger partial charge in [-0.15, -0.1) is 11.8 Å². The second-order valence-electron chi connectivity index (χ2n) is 11.5. The minimum absolute atomic E-state index is 0.0116. The van der Waals surface area contributed by atoms with Gasteiger partial charge in [-0.05, 0) is 38.7 Å². The van der Waals surface area contributed by atoms with Gasteiger partial charge in [-0.2, -0.15) is 5.10 Å². The second kappa shape index (κ2) is 11.5. The maximum atomic E-state index is 11.0. The number of nitrogens with zero attached hydrogens (tertiary/aromatic N) is 6. The standard InChI is InChI=1S/C28H38N8O2S/c1-17-18(2)34-35-25(17)33-26-21-10-24(39-28(3,4)5)23(11-22(21)31-16-32-26)38-15-19-6-8-36(9-7-19)27-29-12-20(14-37)13-30-27/h10-12,14,16,19-22H,6-9,13,15H2,1-5H3,(H2,31,32,33,34,35). The highest BCUT2D eigenvalue weighted by atomic mass is 32.2. The van der Waals surface area contributed by atoms with Gasteiger partial charge in [0.1, 0.15) is 24.2 Å². The van der Waals surface area contributed by atoms with E-state index < -0.39 is 0 Å². The molecule has 3 aliphatic heterocycles. The van der Waals surface area contributed by atoms with E-state index in [9.17, 15) is 4.79 Å². The number of ether oxygens (including phenoxy) is 1. The Morgan fingerprint density at radius 1 is 1.23 bits per heavy atom. The number of likely N-dealkylation sites (tertiary alicyclic amines) is 1. The first-order chi connectivity index (χ1) is 18.7. The van der Waals surface area contributed by atoms with E-state index in [4.69, 9.17) is 4.74 Å². The van der Waals surface area contributed by atoms with E-state index >= 15 is 0 Å². The third-order valence-electron chi connectivity index (χ3n) is 7.30. The lowest BCUT2D eigenvalue weighted by Gasteiger charge is -2.35. The fraction of sp³-hybridized carbons (Fsp3) is 0.571. The summed E-state index contributed by atoms with van der Waals surface area (Å²) >= 11 is 1.81. The molecule has 1 aromatic rings. The molecule has 39 heavy (non-hydrogen) atoms. The van der Waals surface area contributed by atoms with Gasteiger partial charge in [0, 0.05) is 40.2 Å². The van der Waals surface area contributed by atoms with Crippen LogP contribution in [0, 0.1) is 31.6 Å². The number of thioether (sulfide) groups is 1. The summed E-state index contributed by atoms with van der Waals surface area (Å²) in [6.45, 7) is 13.6. The number of aldehydes is 1. The molecule has 208 valence electrons. The molecule has 2 N–H and O–H groups in total. The van der Waals surface area contributed by atoms with Gasteiger partial charge in [-0.25, -0.2) is 9.98 Å². The summed E-state index contributed by atoms with van der Waals surface area (Å²) in [5, 5.41) is 10.9. The number of fused-ring (bicyclic) bond motifs is 1. The maximum Gasteiger partial charge on any atom is 0.220 e. The largest absolute Gasteiger partial charge is 0.492 e. The van der Waals surface area contributed by atoms with Crippen LogP contribution in [0.15, 0.2) is 42.8 Å². The monoisotopic (exact) mass is 550 g/mol. The van der Waals surface area contributed by atoms with Gasteiger partial charge >= 0.3 is 0 Å². The Kier molecular flexibility index (Phi) is 8.06. The van der Waals surface area contributed by atoms with E-state index in [0.29, 0.717) is 19.1 Å². The fourth-order valence-electron chi connectivity index (χ4n) is 4.90. The number of aromatic nitrogens is 2. The van der Waals surface area contributed by atoms with E-state index in [0.717, 1.165) is 71.8 Å². The number of carbonyl (C=O) groups excluding carboxylic acids is 1. The summed E-state index contributed by atoms with van der Waals surface area (Å²) in [7, 11) is 0. The quantitative estimate of drug-likeness (QED) is 0.514. The number of piperidine rings is 1. The number of carbonyl (C=O) groups is 1. The van der Waals surface area contributed by atoms with E-state index in [-0.39, 0.29) is 22.6 Å². The topological polar surface area (TPSA) is 120 Å². The van der Waals surface area contributed by atoms with E-state index in [2.05, 4.69) is 73.3 Å². The molecule has 4 aliphatic rings. The third kappa shape index (κ3) is 6.51. The number of hydrogen-bond acceptors (Lipinski definition) is 10. The van der Waals surface area contributed by atoms with Crippen LogP contribution in [0.25, 0.3) is 0 Å². The maximum absolute atomic E-state index is 11.0. The summed E-state index contributed by atoms with van der Waals surface area (Å²) < 4.78 is 6.54. The molecule has 0 radical (unpaired) electrons. The van der Waals surface area contributed by atoms with Crippen LogP contribution < -0.4 is 5.32 Å². The first-order valence-electron chi connectivity index (χ1n) is 13.6. The summed E-state index contributed by atoms with van der Waals surface area (Å²) in [6.07, 6.45) is 10.7. The lowest BCUT2D eigenvalue weighted by molar-refractivity contribution is -0.109. The van der Waals surface area contributed by atoms with E-state index in [1.807, 2.05) is 25.6 Å². The molecule has 1 saturated heterocycles. The Hall–Kier alpha value is -3.21. The van der Waals surface area contributed by atoms with E-state index in [1.54, 1.807) is 12.6 Å². The number of hydrogen-bond donors (Lipinski definition) is 2. The normalized spacial score (nSPS) is 25.4. The Morgan fingerprint density at radius 3 is 2.67 bits per heavy atom. The predicted octanol–water partition coefficient (Wildman–Crippen LogP) is 4.16. The number of aromatic amines is 1. The fourth-order valence-corrected chi connectivity index (χ4v) is 6.00. The van der Waals surface area contributed by atoms with Crippen molar-refractivity contribution in [3.05, 3.63) is 34.1 Å². The molecule has 0 aromatic carbocycles. The molecule has 10 nitrogen and oxygen atoms in total. The number of H-pyrrole nitrogens is 1. The molecular formula is C28H38N8O2S. The Balaban J connectivity index is 1.23. The van der Waals surface area contributed by atoms with Crippen molar-refractivity contribution >= 4 is 48.2 Å². The number of anilines is 1. The van der Waals surface area contributed by atoms with Crippen LogP contribution in [0.1, 0.15) is 44.9 Å². The van der Waals surface area contributed by atoms with Crippen LogP contribution >= 0.6 is 11.8 Å². The van der Waals surface area contributed by atoms with Crippen molar-refractivity contribution < 1.29 is 9.53 Å². The van der Waals surface area contributed by atoms with Crippen LogP contribution in [0.2, 0.25) is 0 Å². The highest BCUT2D eigenvalue weighted by Gasteiger charge is 2.34. The Bertz CT molecular complexity index is 1260. The zero-order valence-electron chi connectivity index (χ0n) is 23.3. The molecule has 0 bridgehead atoms. The van der Waals surface area contributed by atoms with Crippen LogP contribution in [0.4, 0.5) is 5.82 Å². The number of nitrogens with one attached hydrogen (secondary N) is 2. The average Bonchev–Trinajstić information content (AvgIpc) is 3.24. The van der Waals surface area contributed by atoms with Gasteiger partial charge in [0.05, 0.1) is 31.0 Å². The molecule has 3 atom stereocenters. The Labute approximate surface area is 234 Å². The summed E-state index contributed by atoms with van der Waals surface area (Å²) in [5.74, 6) is 3.54. The molecule has 5 rings (SSSR count). The van der Waals surface area contributed by atoms with Gasteiger partial charge in [0.25, 0.3) is 0 Å². The lowest BCUT2D eigenvalue weighted by Crippen LogP contribution is -2.40. The Morgan fingerprint density at radius 2 is 2.03 bits per heavy atom. The molecule has 0 saturated carbocycles. The van der Waals surface area contributed by atoms with Gasteiger partial charge < -0.3 is 19.7 Å². The number of aliphatic imine (C=N–C) groups is 4. The van der Waals surface area contributed by atoms with Gasteiger partial charge in [0.15, 0.2) is 5.82 Å².